The molecular formula is C14H18O4. The summed E-state index contributed by atoms with van der Waals surface area (Å²) in [5.41, 5.74) is 0.459. The zero-order valence-corrected chi connectivity index (χ0v) is 10.6. The summed E-state index contributed by atoms with van der Waals surface area (Å²) in [7, 11) is 0. The van der Waals surface area contributed by atoms with Gasteiger partial charge in [-0.1, -0.05) is 31.2 Å². The molecule has 0 fully saturated rings. The minimum absolute atomic E-state index is 0.0489. The minimum Gasteiger partial charge on any atom is -0.481 e. The predicted octanol–water partition coefficient (Wildman–Crippen LogP) is 2.47. The molecule has 0 aromatic rings. The molecule has 1 aliphatic rings. The quantitative estimate of drug-likeness (QED) is 0.601. The van der Waals surface area contributed by atoms with Crippen molar-refractivity contribution in [2.45, 2.75) is 32.8 Å². The molecule has 0 radical (unpaired) electrons. The van der Waals surface area contributed by atoms with Crippen molar-refractivity contribution in [3.05, 3.63) is 36.0 Å². The fourth-order valence-corrected chi connectivity index (χ4v) is 1.71. The number of carbonyl (C=O) groups is 2. The zero-order chi connectivity index (χ0) is 13.5. The smallest absolute Gasteiger partial charge is 0.334 e. The Morgan fingerprint density at radius 3 is 2.83 bits per heavy atom. The summed E-state index contributed by atoms with van der Waals surface area (Å²) < 4.78 is 5.27. The van der Waals surface area contributed by atoms with Gasteiger partial charge < -0.3 is 9.84 Å². The second kappa shape index (κ2) is 6.79. The maximum absolute atomic E-state index is 11.7. The van der Waals surface area contributed by atoms with Crippen LogP contribution in [0.4, 0.5) is 0 Å². The van der Waals surface area contributed by atoms with E-state index in [0.717, 1.165) is 0 Å². The predicted molar refractivity (Wildman–Crippen MR) is 68.0 cm³/mol. The molecule has 0 unspecified atom stereocenters. The molecule has 98 valence electrons. The van der Waals surface area contributed by atoms with Crippen LogP contribution < -0.4 is 0 Å². The third kappa shape index (κ3) is 4.20. The van der Waals surface area contributed by atoms with Gasteiger partial charge in [0.1, 0.15) is 6.10 Å². The van der Waals surface area contributed by atoms with Crippen molar-refractivity contribution >= 4 is 11.9 Å². The summed E-state index contributed by atoms with van der Waals surface area (Å²) in [5, 5.41) is 8.59. The highest BCUT2D eigenvalue weighted by molar-refractivity contribution is 5.90. The van der Waals surface area contributed by atoms with E-state index < -0.39 is 11.9 Å². The first-order valence-electron chi connectivity index (χ1n) is 5.97. The maximum Gasteiger partial charge on any atom is 0.334 e. The van der Waals surface area contributed by atoms with Crippen LogP contribution in [0.2, 0.25) is 0 Å². The van der Waals surface area contributed by atoms with Gasteiger partial charge in [-0.2, -0.15) is 0 Å². The van der Waals surface area contributed by atoms with Crippen LogP contribution in [0.3, 0.4) is 0 Å². The van der Waals surface area contributed by atoms with Gasteiger partial charge in [0, 0.05) is 17.9 Å². The van der Waals surface area contributed by atoms with E-state index in [4.69, 9.17) is 9.84 Å². The lowest BCUT2D eigenvalue weighted by atomic mass is 9.95. The Morgan fingerprint density at radius 2 is 2.22 bits per heavy atom. The lowest BCUT2D eigenvalue weighted by Gasteiger charge is -2.25. The number of allylic oxidation sites excluding steroid dienone is 3. The Bertz CT molecular complexity index is 404. The van der Waals surface area contributed by atoms with Crippen LogP contribution in [0.1, 0.15) is 26.7 Å². The van der Waals surface area contributed by atoms with Crippen LogP contribution >= 0.6 is 0 Å². The largest absolute Gasteiger partial charge is 0.481 e. The number of ether oxygens (including phenoxy) is 1. The lowest BCUT2D eigenvalue weighted by molar-refractivity contribution is -0.145. The number of cyclic esters (lactones) is 1. The van der Waals surface area contributed by atoms with Crippen molar-refractivity contribution in [2.24, 2.45) is 5.92 Å². The molecule has 1 aliphatic heterocycles. The molecule has 1 rings (SSSR count). The van der Waals surface area contributed by atoms with Crippen LogP contribution in [0.5, 0.6) is 0 Å². The number of carboxylic acid groups (broad SMARTS) is 1. The molecule has 0 aliphatic carbocycles. The Hall–Kier alpha value is -1.84. The van der Waals surface area contributed by atoms with Crippen molar-refractivity contribution in [3.8, 4) is 0 Å². The Morgan fingerprint density at radius 1 is 1.50 bits per heavy atom. The van der Waals surface area contributed by atoms with Crippen molar-refractivity contribution in [2.75, 3.05) is 0 Å². The Kier molecular flexibility index (Phi) is 5.36. The number of hydrogen-bond acceptors (Lipinski definition) is 3. The normalized spacial score (nSPS) is 24.3. The molecule has 18 heavy (non-hydrogen) atoms. The summed E-state index contributed by atoms with van der Waals surface area (Å²) in [6.45, 7) is 3.85. The standard InChI is InChI=1S/C14H18O4/c1-3-4-5-6-12-10(2)9-11(14(17)18-12)7-8-13(15)16/h3-6,9-10,12H,7-8H2,1-2H3,(H,15,16)/b4-3+,6-5+/t10-,12-/m0/s1. The number of hydrogen-bond donors (Lipinski definition) is 1. The first-order chi connectivity index (χ1) is 8.54. The van der Waals surface area contributed by atoms with Crippen molar-refractivity contribution in [1.82, 2.24) is 0 Å². The number of carbonyl (C=O) groups excluding carboxylic acids is 1. The number of carboxylic acids is 1. The van der Waals surface area contributed by atoms with Crippen LogP contribution in [-0.2, 0) is 14.3 Å². The topological polar surface area (TPSA) is 63.6 Å². The Balaban J connectivity index is 2.68. The van der Waals surface area contributed by atoms with Crippen LogP contribution in [0.25, 0.3) is 0 Å². The molecule has 4 nitrogen and oxygen atoms in total. The lowest BCUT2D eigenvalue weighted by Crippen LogP contribution is -2.28. The Labute approximate surface area is 107 Å². The number of aliphatic carboxylic acids is 1. The molecule has 2 atom stereocenters. The van der Waals surface area contributed by atoms with E-state index in [1.54, 1.807) is 6.08 Å². The average Bonchev–Trinajstić information content (AvgIpc) is 2.31. The van der Waals surface area contributed by atoms with E-state index in [2.05, 4.69) is 0 Å². The fourth-order valence-electron chi connectivity index (χ4n) is 1.71. The van der Waals surface area contributed by atoms with Gasteiger partial charge in [-0.3, -0.25) is 4.79 Å². The monoisotopic (exact) mass is 250 g/mol. The second-order valence-corrected chi connectivity index (χ2v) is 4.23. The average molecular weight is 250 g/mol. The van der Waals surface area contributed by atoms with Crippen molar-refractivity contribution in [1.29, 1.82) is 0 Å². The summed E-state index contributed by atoms with van der Waals surface area (Å²) >= 11 is 0. The number of esters is 1. The van der Waals surface area contributed by atoms with Crippen LogP contribution in [0, 0.1) is 5.92 Å². The van der Waals surface area contributed by atoms with E-state index in [1.807, 2.05) is 38.2 Å². The molecule has 4 heteroatoms. The molecule has 1 heterocycles. The van der Waals surface area contributed by atoms with Crippen molar-refractivity contribution < 1.29 is 19.4 Å². The molecule has 1 N–H and O–H groups in total. The first-order valence-corrected chi connectivity index (χ1v) is 5.97. The van der Waals surface area contributed by atoms with Gasteiger partial charge >= 0.3 is 11.9 Å². The summed E-state index contributed by atoms with van der Waals surface area (Å²) in [6.07, 6.45) is 9.12. The van der Waals surface area contributed by atoms with Gasteiger partial charge in [0.2, 0.25) is 0 Å². The zero-order valence-electron chi connectivity index (χ0n) is 10.6. The van der Waals surface area contributed by atoms with Gasteiger partial charge in [-0.05, 0) is 19.4 Å². The SMILES string of the molecule is C/C=C/C=C/[C@@H]1OC(=O)C(CCC(=O)O)=C[C@@H]1C. The summed E-state index contributed by atoms with van der Waals surface area (Å²) in [4.78, 5) is 22.1. The fraction of sp³-hybridized carbons (Fsp3) is 0.429. The van der Waals surface area contributed by atoms with E-state index >= 15 is 0 Å². The molecule has 0 bridgehead atoms. The molecule has 0 amide bonds. The third-order valence-corrected chi connectivity index (χ3v) is 2.70. The van der Waals surface area contributed by atoms with Crippen LogP contribution in [-0.4, -0.2) is 23.1 Å². The highest BCUT2D eigenvalue weighted by Crippen LogP contribution is 2.23. The highest BCUT2D eigenvalue weighted by atomic mass is 16.5. The molecular weight excluding hydrogens is 232 g/mol. The third-order valence-electron chi connectivity index (χ3n) is 2.70. The van der Waals surface area contributed by atoms with E-state index in [1.165, 1.54) is 0 Å². The highest BCUT2D eigenvalue weighted by Gasteiger charge is 2.26. The van der Waals surface area contributed by atoms with E-state index in [0.29, 0.717) is 5.57 Å². The van der Waals surface area contributed by atoms with Gasteiger partial charge in [0.15, 0.2) is 0 Å². The second-order valence-electron chi connectivity index (χ2n) is 4.23. The minimum atomic E-state index is -0.911. The molecule has 0 spiro atoms. The number of rotatable bonds is 5. The maximum atomic E-state index is 11.7. The van der Waals surface area contributed by atoms with Gasteiger partial charge in [-0.15, -0.1) is 0 Å². The van der Waals surface area contributed by atoms with E-state index in [9.17, 15) is 9.59 Å². The summed E-state index contributed by atoms with van der Waals surface area (Å²) in [6, 6.07) is 0. The van der Waals surface area contributed by atoms with Crippen molar-refractivity contribution in [3.63, 3.8) is 0 Å². The molecule has 0 saturated heterocycles. The van der Waals surface area contributed by atoms with Crippen LogP contribution in [0.15, 0.2) is 36.0 Å². The molecule has 0 aromatic heterocycles. The van der Waals surface area contributed by atoms with Gasteiger partial charge in [0.05, 0.1) is 0 Å². The van der Waals surface area contributed by atoms with Gasteiger partial charge in [-0.25, -0.2) is 4.79 Å². The van der Waals surface area contributed by atoms with E-state index in [-0.39, 0.29) is 24.9 Å². The van der Waals surface area contributed by atoms with Gasteiger partial charge in [0.25, 0.3) is 0 Å². The first kappa shape index (κ1) is 14.2. The molecule has 0 aromatic carbocycles. The summed E-state index contributed by atoms with van der Waals surface area (Å²) in [5.74, 6) is -1.26. The molecule has 0 saturated carbocycles.